The number of carbonyl (C=O) groups excluding carboxylic acids is 1. The van der Waals surface area contributed by atoms with E-state index in [9.17, 15) is 4.79 Å². The van der Waals surface area contributed by atoms with Crippen LogP contribution in [0.2, 0.25) is 0 Å². The van der Waals surface area contributed by atoms with Gasteiger partial charge in [0.25, 0.3) is 5.91 Å². The average molecular weight is 315 g/mol. The zero-order valence-electron chi connectivity index (χ0n) is 12.7. The Morgan fingerprint density at radius 1 is 1.50 bits per heavy atom. The number of nitrogens with two attached hydrogens (primary N) is 1. The SMILES string of the molecule is CC1CCN(C(=O)c2cccc(-c3cscn3)c2)C(CN)C1. The number of piperidine rings is 1. The number of aromatic nitrogens is 1. The van der Waals surface area contributed by atoms with Gasteiger partial charge in [-0.2, -0.15) is 0 Å². The van der Waals surface area contributed by atoms with E-state index in [-0.39, 0.29) is 11.9 Å². The van der Waals surface area contributed by atoms with E-state index in [2.05, 4.69) is 11.9 Å². The third-order valence-electron chi connectivity index (χ3n) is 4.35. The molecule has 22 heavy (non-hydrogen) atoms. The lowest BCUT2D eigenvalue weighted by atomic mass is 9.91. The summed E-state index contributed by atoms with van der Waals surface area (Å²) in [5.74, 6) is 0.721. The molecule has 3 rings (SSSR count). The molecule has 1 aliphatic rings. The number of amides is 1. The molecular formula is C17H21N3OS. The lowest BCUT2D eigenvalue weighted by Crippen LogP contribution is -2.49. The van der Waals surface area contributed by atoms with Gasteiger partial charge in [0.2, 0.25) is 0 Å². The summed E-state index contributed by atoms with van der Waals surface area (Å²) in [5, 5.41) is 1.99. The van der Waals surface area contributed by atoms with E-state index in [0.29, 0.717) is 12.5 Å². The summed E-state index contributed by atoms with van der Waals surface area (Å²) in [7, 11) is 0. The molecule has 0 saturated carbocycles. The number of benzene rings is 1. The molecule has 0 aliphatic carbocycles. The molecule has 2 heterocycles. The monoisotopic (exact) mass is 315 g/mol. The maximum Gasteiger partial charge on any atom is 0.254 e. The Morgan fingerprint density at radius 2 is 2.36 bits per heavy atom. The Kier molecular flexibility index (Phi) is 4.55. The van der Waals surface area contributed by atoms with E-state index < -0.39 is 0 Å². The van der Waals surface area contributed by atoms with Crippen LogP contribution in [0.5, 0.6) is 0 Å². The van der Waals surface area contributed by atoms with E-state index in [1.807, 2.05) is 34.5 Å². The van der Waals surface area contributed by atoms with Gasteiger partial charge in [-0.15, -0.1) is 11.3 Å². The molecule has 2 unspecified atom stereocenters. The van der Waals surface area contributed by atoms with Crippen LogP contribution in [0.1, 0.15) is 30.1 Å². The van der Waals surface area contributed by atoms with Crippen LogP contribution in [0.3, 0.4) is 0 Å². The van der Waals surface area contributed by atoms with E-state index in [0.717, 1.165) is 36.2 Å². The van der Waals surface area contributed by atoms with Crippen LogP contribution in [-0.2, 0) is 0 Å². The Labute approximate surface area is 135 Å². The second-order valence-electron chi connectivity index (χ2n) is 5.97. The summed E-state index contributed by atoms with van der Waals surface area (Å²) in [5.41, 5.74) is 10.3. The quantitative estimate of drug-likeness (QED) is 0.947. The predicted molar refractivity (Wildman–Crippen MR) is 89.8 cm³/mol. The molecule has 2 N–H and O–H groups in total. The number of nitrogens with zero attached hydrogens (tertiary/aromatic N) is 2. The minimum absolute atomic E-state index is 0.0828. The van der Waals surface area contributed by atoms with E-state index in [1.165, 1.54) is 0 Å². The number of rotatable bonds is 3. The molecule has 2 atom stereocenters. The van der Waals surface area contributed by atoms with Crippen LogP contribution in [-0.4, -0.2) is 34.9 Å². The Bertz CT molecular complexity index is 641. The number of thiazole rings is 1. The number of hydrogen-bond donors (Lipinski definition) is 1. The zero-order chi connectivity index (χ0) is 15.5. The molecule has 1 fully saturated rings. The fourth-order valence-corrected chi connectivity index (χ4v) is 3.64. The van der Waals surface area contributed by atoms with Gasteiger partial charge in [0.05, 0.1) is 11.2 Å². The summed E-state index contributed by atoms with van der Waals surface area (Å²) in [6, 6.07) is 7.88. The number of carbonyl (C=O) groups is 1. The van der Waals surface area contributed by atoms with Gasteiger partial charge in [0, 0.05) is 35.6 Å². The summed E-state index contributed by atoms with van der Waals surface area (Å²) < 4.78 is 0. The van der Waals surface area contributed by atoms with Crippen molar-refractivity contribution in [2.75, 3.05) is 13.1 Å². The molecule has 1 saturated heterocycles. The first-order valence-electron chi connectivity index (χ1n) is 7.68. The molecule has 2 aromatic rings. The average Bonchev–Trinajstić information content (AvgIpc) is 3.08. The summed E-state index contributed by atoms with van der Waals surface area (Å²) in [6.07, 6.45) is 2.04. The summed E-state index contributed by atoms with van der Waals surface area (Å²) in [4.78, 5) is 19.1. The molecule has 1 amide bonds. The van der Waals surface area contributed by atoms with Crippen LogP contribution in [0.4, 0.5) is 0 Å². The molecule has 4 nitrogen and oxygen atoms in total. The van der Waals surface area contributed by atoms with Crippen molar-refractivity contribution in [1.82, 2.24) is 9.88 Å². The van der Waals surface area contributed by atoms with Crippen molar-refractivity contribution in [3.8, 4) is 11.3 Å². The lowest BCUT2D eigenvalue weighted by Gasteiger charge is -2.38. The molecule has 0 bridgehead atoms. The zero-order valence-corrected chi connectivity index (χ0v) is 13.6. The van der Waals surface area contributed by atoms with Gasteiger partial charge in [-0.1, -0.05) is 19.1 Å². The van der Waals surface area contributed by atoms with Crippen molar-refractivity contribution in [2.24, 2.45) is 11.7 Å². The fourth-order valence-electron chi connectivity index (χ4n) is 3.07. The molecular weight excluding hydrogens is 294 g/mol. The van der Waals surface area contributed by atoms with Crippen molar-refractivity contribution in [3.63, 3.8) is 0 Å². The Morgan fingerprint density at radius 3 is 3.09 bits per heavy atom. The molecule has 0 spiro atoms. The van der Waals surface area contributed by atoms with Crippen molar-refractivity contribution in [1.29, 1.82) is 0 Å². The van der Waals surface area contributed by atoms with Crippen molar-refractivity contribution in [2.45, 2.75) is 25.8 Å². The van der Waals surface area contributed by atoms with Gasteiger partial charge in [-0.05, 0) is 30.9 Å². The number of likely N-dealkylation sites (tertiary alicyclic amines) is 1. The molecule has 1 aliphatic heterocycles. The first-order valence-corrected chi connectivity index (χ1v) is 8.63. The molecule has 5 heteroatoms. The van der Waals surface area contributed by atoms with Gasteiger partial charge < -0.3 is 10.6 Å². The summed E-state index contributed by atoms with van der Waals surface area (Å²) in [6.45, 7) is 3.55. The minimum atomic E-state index is 0.0828. The highest BCUT2D eigenvalue weighted by Crippen LogP contribution is 2.25. The Balaban J connectivity index is 1.84. The molecule has 116 valence electrons. The van der Waals surface area contributed by atoms with Gasteiger partial charge >= 0.3 is 0 Å². The lowest BCUT2D eigenvalue weighted by molar-refractivity contribution is 0.0573. The normalized spacial score (nSPS) is 21.8. The molecule has 1 aromatic heterocycles. The van der Waals surface area contributed by atoms with Gasteiger partial charge in [0.1, 0.15) is 0 Å². The maximum absolute atomic E-state index is 12.9. The predicted octanol–water partition coefficient (Wildman–Crippen LogP) is 3.01. The third-order valence-corrected chi connectivity index (χ3v) is 4.94. The van der Waals surface area contributed by atoms with Gasteiger partial charge in [-0.3, -0.25) is 4.79 Å². The van der Waals surface area contributed by atoms with Crippen molar-refractivity contribution >= 4 is 17.2 Å². The first-order chi connectivity index (χ1) is 10.7. The highest BCUT2D eigenvalue weighted by Gasteiger charge is 2.29. The smallest absolute Gasteiger partial charge is 0.254 e. The van der Waals surface area contributed by atoms with E-state index in [1.54, 1.807) is 16.8 Å². The highest BCUT2D eigenvalue weighted by molar-refractivity contribution is 7.07. The second-order valence-corrected chi connectivity index (χ2v) is 6.69. The molecule has 0 radical (unpaired) electrons. The Hall–Kier alpha value is -1.72. The minimum Gasteiger partial charge on any atom is -0.334 e. The first kappa shape index (κ1) is 15.2. The van der Waals surface area contributed by atoms with Gasteiger partial charge in [-0.25, -0.2) is 4.98 Å². The topological polar surface area (TPSA) is 59.2 Å². The van der Waals surface area contributed by atoms with Crippen LogP contribution in [0, 0.1) is 5.92 Å². The van der Waals surface area contributed by atoms with Crippen LogP contribution in [0.15, 0.2) is 35.2 Å². The van der Waals surface area contributed by atoms with E-state index in [4.69, 9.17) is 5.73 Å². The fraction of sp³-hybridized carbons (Fsp3) is 0.412. The molecule has 1 aromatic carbocycles. The van der Waals surface area contributed by atoms with Crippen molar-refractivity contribution < 1.29 is 4.79 Å². The second kappa shape index (κ2) is 6.58. The van der Waals surface area contributed by atoms with E-state index >= 15 is 0 Å². The van der Waals surface area contributed by atoms with Gasteiger partial charge in [0.15, 0.2) is 0 Å². The third kappa shape index (κ3) is 3.05. The largest absolute Gasteiger partial charge is 0.334 e. The maximum atomic E-state index is 12.9. The van der Waals surface area contributed by atoms with Crippen LogP contribution < -0.4 is 5.73 Å². The van der Waals surface area contributed by atoms with Crippen molar-refractivity contribution in [3.05, 3.63) is 40.7 Å². The number of hydrogen-bond acceptors (Lipinski definition) is 4. The van der Waals surface area contributed by atoms with Crippen LogP contribution >= 0.6 is 11.3 Å². The standard InChI is InChI=1S/C17H21N3OS/c1-12-5-6-20(15(7-12)9-18)17(21)14-4-2-3-13(8-14)16-10-22-11-19-16/h2-4,8,10-12,15H,5-7,9,18H2,1H3. The summed E-state index contributed by atoms with van der Waals surface area (Å²) >= 11 is 1.56. The van der Waals surface area contributed by atoms with Crippen LogP contribution in [0.25, 0.3) is 11.3 Å². The highest BCUT2D eigenvalue weighted by atomic mass is 32.1.